The van der Waals surface area contributed by atoms with E-state index in [-0.39, 0.29) is 10.5 Å². The Morgan fingerprint density at radius 2 is 1.86 bits per heavy atom. The molecule has 0 atom stereocenters. The summed E-state index contributed by atoms with van der Waals surface area (Å²) in [6.45, 7) is 0.778. The van der Waals surface area contributed by atoms with Crippen molar-refractivity contribution in [3.63, 3.8) is 0 Å². The Morgan fingerprint density at radius 3 is 2.29 bits per heavy atom. The Bertz CT molecular complexity index is 713. The molecule has 0 saturated carbocycles. The number of sulfonamides is 1. The van der Waals surface area contributed by atoms with Crippen LogP contribution in [0.3, 0.4) is 0 Å². The van der Waals surface area contributed by atoms with Gasteiger partial charge in [-0.3, -0.25) is 0 Å². The van der Waals surface area contributed by atoms with E-state index in [1.807, 2.05) is 0 Å². The molecular weight excluding hydrogens is 294 g/mol. The largest absolute Gasteiger partial charge is 0.478 e. The first kappa shape index (κ1) is 16.6. The molecule has 0 unspecified atom stereocenters. The molecule has 0 spiro atoms. The zero-order chi connectivity index (χ0) is 16.0. The number of hydrogen-bond donors (Lipinski definition) is 1. The van der Waals surface area contributed by atoms with Crippen molar-refractivity contribution in [1.29, 1.82) is 10.5 Å². The molecule has 0 heterocycles. The van der Waals surface area contributed by atoms with Gasteiger partial charge in [0.2, 0.25) is 10.0 Å². The highest BCUT2D eigenvalue weighted by molar-refractivity contribution is 7.89. The van der Waals surface area contributed by atoms with Crippen LogP contribution in [0.2, 0.25) is 0 Å². The fourth-order valence-electron chi connectivity index (χ4n) is 1.74. The summed E-state index contributed by atoms with van der Waals surface area (Å²) in [5.41, 5.74) is 0.264. The van der Waals surface area contributed by atoms with Gasteiger partial charge in [0.25, 0.3) is 0 Å². The summed E-state index contributed by atoms with van der Waals surface area (Å²) in [6.07, 6.45) is 0.376. The maximum atomic E-state index is 12.5. The smallest absolute Gasteiger partial charge is 0.335 e. The summed E-state index contributed by atoms with van der Waals surface area (Å²) >= 11 is 0. The molecule has 0 bridgehead atoms. The lowest BCUT2D eigenvalue weighted by Gasteiger charge is -2.18. The van der Waals surface area contributed by atoms with Crippen molar-refractivity contribution in [2.24, 2.45) is 0 Å². The van der Waals surface area contributed by atoms with Crippen molar-refractivity contribution in [2.75, 3.05) is 13.1 Å². The highest BCUT2D eigenvalue weighted by Crippen LogP contribution is 2.22. The molecule has 21 heavy (non-hydrogen) atoms. The fourth-order valence-corrected chi connectivity index (χ4v) is 3.30. The maximum absolute atomic E-state index is 12.5. The number of nitrogens with zero attached hydrogens (tertiary/aromatic N) is 3. The number of benzene rings is 1. The van der Waals surface area contributed by atoms with Gasteiger partial charge in [0, 0.05) is 0 Å². The standard InChI is InChI=1S/C13H13N3O4S/c1-2-10-3-4-11(13(17)18)9-12(10)21(19,20)16(7-5-14)8-6-15/h3-4,9H,2,7-8H2,1H3,(H,17,18). The summed E-state index contributed by atoms with van der Waals surface area (Å²) in [7, 11) is -4.10. The third kappa shape index (κ3) is 3.57. The number of carbonyl (C=O) groups is 1. The second kappa shape index (κ2) is 6.84. The van der Waals surface area contributed by atoms with Crippen molar-refractivity contribution in [3.8, 4) is 12.1 Å². The van der Waals surface area contributed by atoms with Gasteiger partial charge in [-0.2, -0.15) is 14.8 Å². The van der Waals surface area contributed by atoms with E-state index in [0.29, 0.717) is 16.3 Å². The topological polar surface area (TPSA) is 122 Å². The van der Waals surface area contributed by atoms with Crippen molar-refractivity contribution >= 4 is 16.0 Å². The summed E-state index contributed by atoms with van der Waals surface area (Å²) in [6, 6.07) is 7.16. The molecule has 1 aromatic rings. The van der Waals surface area contributed by atoms with E-state index in [2.05, 4.69) is 0 Å². The molecule has 1 N–H and O–H groups in total. The van der Waals surface area contributed by atoms with Crippen LogP contribution < -0.4 is 0 Å². The van der Waals surface area contributed by atoms with Gasteiger partial charge in [0.05, 0.1) is 22.6 Å². The Labute approximate surface area is 122 Å². The van der Waals surface area contributed by atoms with E-state index < -0.39 is 29.1 Å². The van der Waals surface area contributed by atoms with Gasteiger partial charge < -0.3 is 5.11 Å². The van der Waals surface area contributed by atoms with E-state index in [4.69, 9.17) is 15.6 Å². The molecule has 0 fully saturated rings. The van der Waals surface area contributed by atoms with Crippen molar-refractivity contribution in [1.82, 2.24) is 4.31 Å². The molecule has 8 heteroatoms. The molecule has 0 aliphatic carbocycles. The first-order chi connectivity index (χ1) is 9.88. The van der Waals surface area contributed by atoms with E-state index >= 15 is 0 Å². The lowest BCUT2D eigenvalue weighted by atomic mass is 10.1. The number of carboxylic acids is 1. The normalized spacial score (nSPS) is 10.9. The van der Waals surface area contributed by atoms with Gasteiger partial charge in [-0.05, 0) is 24.1 Å². The average Bonchev–Trinajstić information content (AvgIpc) is 2.46. The second-order valence-electron chi connectivity index (χ2n) is 4.07. The lowest BCUT2D eigenvalue weighted by molar-refractivity contribution is 0.0696. The highest BCUT2D eigenvalue weighted by atomic mass is 32.2. The zero-order valence-corrected chi connectivity index (χ0v) is 12.1. The Kier molecular flexibility index (Phi) is 5.42. The van der Waals surface area contributed by atoms with Crippen LogP contribution in [0.4, 0.5) is 0 Å². The third-order valence-corrected chi connectivity index (χ3v) is 4.68. The number of aryl methyl sites for hydroxylation is 1. The van der Waals surface area contributed by atoms with Crippen LogP contribution in [0.25, 0.3) is 0 Å². The van der Waals surface area contributed by atoms with Gasteiger partial charge in [0.15, 0.2) is 0 Å². The van der Waals surface area contributed by atoms with E-state index in [0.717, 1.165) is 6.07 Å². The second-order valence-corrected chi connectivity index (χ2v) is 5.98. The minimum absolute atomic E-state index is 0.167. The van der Waals surface area contributed by atoms with Crippen LogP contribution in [-0.4, -0.2) is 36.9 Å². The molecule has 110 valence electrons. The van der Waals surface area contributed by atoms with Crippen LogP contribution in [0.1, 0.15) is 22.8 Å². The molecule has 0 amide bonds. The molecular formula is C13H13N3O4S. The molecule has 0 aliphatic heterocycles. The summed E-state index contributed by atoms with van der Waals surface area (Å²) in [4.78, 5) is 10.8. The monoisotopic (exact) mass is 307 g/mol. The first-order valence-corrected chi connectivity index (χ1v) is 7.42. The predicted octanol–water partition coefficient (Wildman–Crippen LogP) is 0.985. The molecule has 0 aromatic heterocycles. The minimum Gasteiger partial charge on any atom is -0.478 e. The minimum atomic E-state index is -4.10. The Hall–Kier alpha value is -2.42. The number of carboxylic acid groups (broad SMARTS) is 1. The molecule has 1 aromatic carbocycles. The number of rotatable bonds is 6. The predicted molar refractivity (Wildman–Crippen MR) is 72.8 cm³/mol. The molecule has 0 saturated heterocycles. The van der Waals surface area contributed by atoms with Gasteiger partial charge in [0.1, 0.15) is 13.1 Å². The van der Waals surface area contributed by atoms with Crippen molar-refractivity contribution in [3.05, 3.63) is 29.3 Å². The molecule has 1 rings (SSSR count). The van der Waals surface area contributed by atoms with Crippen LogP contribution in [-0.2, 0) is 16.4 Å². The van der Waals surface area contributed by atoms with Crippen LogP contribution in [0.15, 0.2) is 23.1 Å². The fraction of sp³-hybridized carbons (Fsp3) is 0.308. The van der Waals surface area contributed by atoms with E-state index in [1.54, 1.807) is 19.1 Å². The van der Waals surface area contributed by atoms with Crippen molar-refractivity contribution < 1.29 is 18.3 Å². The van der Waals surface area contributed by atoms with Gasteiger partial charge in [-0.1, -0.05) is 13.0 Å². The summed E-state index contributed by atoms with van der Waals surface area (Å²) < 4.78 is 25.7. The lowest BCUT2D eigenvalue weighted by Crippen LogP contribution is -2.32. The number of aromatic carboxylic acids is 1. The van der Waals surface area contributed by atoms with Gasteiger partial charge in [-0.25, -0.2) is 13.2 Å². The highest BCUT2D eigenvalue weighted by Gasteiger charge is 2.27. The Morgan fingerprint density at radius 1 is 1.29 bits per heavy atom. The van der Waals surface area contributed by atoms with Crippen LogP contribution >= 0.6 is 0 Å². The average molecular weight is 307 g/mol. The number of hydrogen-bond acceptors (Lipinski definition) is 5. The molecule has 7 nitrogen and oxygen atoms in total. The van der Waals surface area contributed by atoms with Gasteiger partial charge >= 0.3 is 5.97 Å². The first-order valence-electron chi connectivity index (χ1n) is 5.98. The summed E-state index contributed by atoms with van der Waals surface area (Å²) in [5.74, 6) is -1.25. The number of nitriles is 2. The molecule has 0 aliphatic rings. The van der Waals surface area contributed by atoms with Crippen molar-refractivity contribution in [2.45, 2.75) is 18.2 Å². The zero-order valence-electron chi connectivity index (χ0n) is 11.3. The molecule has 0 radical (unpaired) electrons. The SMILES string of the molecule is CCc1ccc(C(=O)O)cc1S(=O)(=O)N(CC#N)CC#N. The van der Waals surface area contributed by atoms with Crippen LogP contribution in [0, 0.1) is 22.7 Å². The van der Waals surface area contributed by atoms with E-state index in [1.165, 1.54) is 12.1 Å². The maximum Gasteiger partial charge on any atom is 0.335 e. The third-order valence-electron chi connectivity index (χ3n) is 2.81. The quantitative estimate of drug-likeness (QED) is 0.782. The van der Waals surface area contributed by atoms with E-state index in [9.17, 15) is 13.2 Å². The Balaban J connectivity index is 3.48. The summed E-state index contributed by atoms with van der Waals surface area (Å²) in [5, 5.41) is 26.3. The van der Waals surface area contributed by atoms with Crippen LogP contribution in [0.5, 0.6) is 0 Å². The van der Waals surface area contributed by atoms with Gasteiger partial charge in [-0.15, -0.1) is 0 Å².